The van der Waals surface area contributed by atoms with Gasteiger partial charge in [0, 0.05) is 91.4 Å². The van der Waals surface area contributed by atoms with Gasteiger partial charge in [-0.3, -0.25) is 29.8 Å². The van der Waals surface area contributed by atoms with Crippen LogP contribution in [0.25, 0.3) is 0 Å². The van der Waals surface area contributed by atoms with Crippen LogP contribution >= 0.6 is 44.8 Å². The molecule has 30 heteroatoms. The van der Waals surface area contributed by atoms with E-state index in [-0.39, 0.29) is 47.2 Å². The van der Waals surface area contributed by atoms with E-state index in [4.69, 9.17) is 70.6 Å². The van der Waals surface area contributed by atoms with Gasteiger partial charge < -0.3 is 77.2 Å². The summed E-state index contributed by atoms with van der Waals surface area (Å²) in [7, 11) is 14.4. The molecule has 16 atom stereocenters. The number of benzene rings is 2. The Morgan fingerprint density at radius 1 is 0.640 bits per heavy atom. The molecule has 4 fully saturated rings. The molecule has 550 valence electrons. The Kier molecular flexibility index (Phi) is 25.9. The number of likely N-dealkylation sites (N-methyl/N-ethyl adjacent to an activating group) is 2. The number of nitrogens with one attached hydrogen (secondary N) is 2. The fraction of sp³-hybridized carbons (Fsp3) is 0.600. The molecule has 8 rings (SSSR count). The Labute approximate surface area is 601 Å². The number of carbonyl (C=O) groups excluding carboxylic acids is 8. The molecule has 4 N–H and O–H groups in total. The first-order valence-corrected chi connectivity index (χ1v) is 36.3. The van der Waals surface area contributed by atoms with Crippen LogP contribution in [0.3, 0.4) is 0 Å². The summed E-state index contributed by atoms with van der Waals surface area (Å²) in [6.07, 6.45) is 0.390. The molecule has 0 aromatic heterocycles. The molecule has 0 saturated carbocycles. The molecule has 2 aromatic rings. The fourth-order valence-corrected chi connectivity index (χ4v) is 15.7. The van der Waals surface area contributed by atoms with E-state index in [0.29, 0.717) is 35.7 Å². The third-order valence-corrected chi connectivity index (χ3v) is 23.1. The topological polar surface area (TPSA) is 313 Å². The minimum atomic E-state index is -1.90. The van der Waals surface area contributed by atoms with Crippen molar-refractivity contribution in [3.05, 3.63) is 93.0 Å². The van der Waals surface area contributed by atoms with Crippen molar-refractivity contribution in [2.45, 2.75) is 190 Å². The molecule has 0 unspecified atom stereocenters. The lowest BCUT2D eigenvalue weighted by Crippen LogP contribution is -2.63. The summed E-state index contributed by atoms with van der Waals surface area (Å²) in [5, 5.41) is 29.3. The van der Waals surface area contributed by atoms with Crippen molar-refractivity contribution in [1.82, 2.24) is 20.4 Å². The monoisotopic (exact) mass is 1470 g/mol. The number of methoxy groups -OCH3 is 4. The number of amides is 6. The largest absolute Gasteiger partial charge is 0.495 e. The lowest BCUT2D eigenvalue weighted by atomic mass is 9.83. The third kappa shape index (κ3) is 17.9. The van der Waals surface area contributed by atoms with Crippen LogP contribution in [-0.4, -0.2) is 219 Å². The zero-order chi connectivity index (χ0) is 73.7. The molecule has 0 spiro atoms. The summed E-state index contributed by atoms with van der Waals surface area (Å²) in [5.41, 5.74) is -2.54. The second-order valence-corrected chi connectivity index (χ2v) is 30.4. The van der Waals surface area contributed by atoms with Gasteiger partial charge in [-0.2, -0.15) is 0 Å². The van der Waals surface area contributed by atoms with Gasteiger partial charge in [-0.05, 0) is 89.8 Å². The van der Waals surface area contributed by atoms with E-state index in [1.807, 2.05) is 26.0 Å². The highest BCUT2D eigenvalue weighted by atomic mass is 35.5. The number of hydrogen-bond donors (Lipinski definition) is 4. The highest BCUT2D eigenvalue weighted by molar-refractivity contribution is 8.76. The quantitative estimate of drug-likeness (QED) is 0.0381. The number of carbonyl (C=O) groups is 8. The summed E-state index contributed by atoms with van der Waals surface area (Å²) in [5.74, 6) is -3.52. The number of ether oxygens (including phenoxy) is 10. The van der Waals surface area contributed by atoms with E-state index in [1.165, 1.54) is 97.6 Å². The summed E-state index contributed by atoms with van der Waals surface area (Å²) in [6.45, 7) is 13.7. The number of fused-ring (bicyclic) bond motifs is 10. The number of anilines is 2. The minimum Gasteiger partial charge on any atom is -0.495 e. The predicted octanol–water partition coefficient (Wildman–Crippen LogP) is 8.20. The number of esters is 2. The second kappa shape index (κ2) is 32.8. The zero-order valence-electron chi connectivity index (χ0n) is 59.4. The van der Waals surface area contributed by atoms with E-state index >= 15 is 0 Å². The Bertz CT molecular complexity index is 3340. The van der Waals surface area contributed by atoms with E-state index in [1.54, 1.807) is 90.4 Å². The molecule has 6 aliphatic heterocycles. The van der Waals surface area contributed by atoms with Crippen LogP contribution in [0.1, 0.15) is 105 Å². The van der Waals surface area contributed by atoms with Crippen LogP contribution in [0.5, 0.6) is 11.5 Å². The van der Waals surface area contributed by atoms with Crippen LogP contribution in [0.2, 0.25) is 10.0 Å². The first-order valence-electron chi connectivity index (χ1n) is 33.0. The Morgan fingerprint density at radius 3 is 1.34 bits per heavy atom. The van der Waals surface area contributed by atoms with E-state index in [2.05, 4.69) is 10.6 Å². The minimum absolute atomic E-state index is 0.0149. The molecule has 6 heterocycles. The van der Waals surface area contributed by atoms with Crippen LogP contribution < -0.4 is 29.9 Å². The first kappa shape index (κ1) is 79.1. The van der Waals surface area contributed by atoms with Gasteiger partial charge in [0.05, 0.1) is 50.6 Å². The third-order valence-electron chi connectivity index (χ3n) is 19.9. The summed E-state index contributed by atoms with van der Waals surface area (Å²) >= 11 is 13.7. The number of halogens is 2. The molecule has 4 saturated heterocycles. The number of alkyl carbamates (subject to hydrolysis) is 2. The van der Waals surface area contributed by atoms with Gasteiger partial charge in [-0.1, -0.05) is 106 Å². The maximum atomic E-state index is 14.5. The smallest absolute Gasteiger partial charge is 0.409 e. The number of nitrogens with zero attached hydrogens (tertiary/aromatic N) is 4. The molecule has 2 aromatic carbocycles. The highest BCUT2D eigenvalue weighted by Gasteiger charge is 2.66. The van der Waals surface area contributed by atoms with Crippen molar-refractivity contribution in [2.75, 3.05) is 77.9 Å². The first-order chi connectivity index (χ1) is 47.1. The van der Waals surface area contributed by atoms with Crippen molar-refractivity contribution in [3.63, 3.8) is 0 Å². The van der Waals surface area contributed by atoms with Gasteiger partial charge in [0.25, 0.3) is 0 Å². The number of allylic oxidation sites excluding steroid dienone is 6. The molecule has 6 amide bonds. The van der Waals surface area contributed by atoms with Crippen LogP contribution in [0.15, 0.2) is 71.9 Å². The molecule has 26 nitrogen and oxygen atoms in total. The summed E-state index contributed by atoms with van der Waals surface area (Å²) in [4.78, 5) is 117. The Morgan fingerprint density at radius 2 is 1.00 bits per heavy atom. The molecular formula is C70H94Cl2N6O20S2. The SMILES string of the molecule is COc1cc2cc(c1Cl)N(C)C(=O)C[C@H](OC(=O)[C@H](C)N(C)C(=O)CCSSCCC(=O)N(C)[C@@H](C)C(=O)O[C@H]1CC(=O)N(C)c3cc(cc(OC)c3Cl)C/C(C)=C\C=C/[C@@H](OC)[C@@]3(O)C[C@H](OC(=O)N3)[C@@H](C)[C@H]3O[C@@]13C)[C@]1(C)O[C@@H]1[C@H](C)[C@@H]1C[C@@](O)(NC(=O)O1)[C@H](OC)/C=C\C=C(\C)C2. The predicted molar refractivity (Wildman–Crippen MR) is 376 cm³/mol. The van der Waals surface area contributed by atoms with Gasteiger partial charge >= 0.3 is 24.1 Å². The van der Waals surface area contributed by atoms with Crippen molar-refractivity contribution in [1.29, 1.82) is 0 Å². The Hall–Kier alpha value is -6.60. The van der Waals surface area contributed by atoms with E-state index in [0.717, 1.165) is 22.3 Å². The van der Waals surface area contributed by atoms with E-state index in [9.17, 15) is 48.6 Å². The average molecular weight is 1470 g/mol. The van der Waals surface area contributed by atoms with Crippen LogP contribution in [0, 0.1) is 11.8 Å². The maximum absolute atomic E-state index is 14.5. The number of hydrogen-bond acceptors (Lipinski definition) is 22. The molecule has 100 heavy (non-hydrogen) atoms. The van der Waals surface area contributed by atoms with Crippen LogP contribution in [-0.2, 0) is 79.5 Å². The molecule has 6 aliphatic rings. The molecular weight excluding hydrogens is 1380 g/mol. The standard InChI is InChI=1S/C70H94Cl2N6O20S2/c1-37-19-17-21-51(91-15)69(87)35-49(93-65(85)73-69)39(3)61-67(7,97-61)53(33-57(81)77(11)45-29-43(27-37)31-47(89-13)59(45)71)95-63(83)41(5)75(9)55(79)23-25-99-100-26-24-56(80)76(10)42(6)64(84)96-54-34-58(82)78(12)46-30-44(32-48(90-14)60(46)72)28-38(2)20-18-22-52(92-16)70(88)36-50(94-66(86)74-70)40(4)62-68(54,8)98-62/h17-22,29-32,39-42,49-54,61-62,87-88H,23-28,33-36H2,1-16H3,(H,73,85)(H,74,86)/b21-17-,22-18-,37-19-,38-20-/t39-,40-,41+,42+,49+,50+,51-,52-,53+,54+,61-,62-,67+,68+,69+,70+/m1/s1. The van der Waals surface area contributed by atoms with Crippen molar-refractivity contribution >= 4 is 104 Å². The Balaban J connectivity index is 0.887. The van der Waals surface area contributed by atoms with Crippen LogP contribution in [0.4, 0.5) is 21.0 Å². The van der Waals surface area contributed by atoms with Crippen molar-refractivity contribution in [2.24, 2.45) is 11.8 Å². The molecule has 0 aliphatic carbocycles. The van der Waals surface area contributed by atoms with Gasteiger partial charge in [-0.25, -0.2) is 19.2 Å². The number of epoxide rings is 2. The summed E-state index contributed by atoms with van der Waals surface area (Å²) in [6, 6.07) is 4.75. The molecule has 8 bridgehead atoms. The normalized spacial score (nSPS) is 32.5. The summed E-state index contributed by atoms with van der Waals surface area (Å²) < 4.78 is 59.2. The van der Waals surface area contributed by atoms with E-state index < -0.39 is 156 Å². The highest BCUT2D eigenvalue weighted by Crippen LogP contribution is 2.51. The van der Waals surface area contributed by atoms with Crippen molar-refractivity contribution < 1.29 is 95.9 Å². The lowest BCUT2D eigenvalue weighted by Gasteiger charge is -2.42. The number of aliphatic hydroxyl groups is 2. The van der Waals surface area contributed by atoms with Gasteiger partial charge in [0.15, 0.2) is 11.4 Å². The van der Waals surface area contributed by atoms with Gasteiger partial charge in [0.1, 0.15) is 81.5 Å². The maximum Gasteiger partial charge on any atom is 0.409 e. The second-order valence-electron chi connectivity index (χ2n) is 27.0. The number of rotatable bonds is 17. The zero-order valence-corrected chi connectivity index (χ0v) is 62.5. The van der Waals surface area contributed by atoms with Gasteiger partial charge in [-0.15, -0.1) is 0 Å². The average Bonchev–Trinajstić information content (AvgIpc) is 1.58. The molecule has 0 radical (unpaired) electrons. The van der Waals surface area contributed by atoms with Gasteiger partial charge in [0.2, 0.25) is 23.6 Å². The van der Waals surface area contributed by atoms with Crippen molar-refractivity contribution in [3.8, 4) is 11.5 Å². The fourth-order valence-electron chi connectivity index (χ4n) is 13.2. The lowest BCUT2D eigenvalue weighted by molar-refractivity contribution is -0.162.